The number of thiophene rings is 1. The molecule has 0 amide bonds. The van der Waals surface area contributed by atoms with Gasteiger partial charge in [-0.05, 0) is 60.0 Å². The summed E-state index contributed by atoms with van der Waals surface area (Å²) in [5.41, 5.74) is 0.384. The molecule has 29 heavy (non-hydrogen) atoms. The summed E-state index contributed by atoms with van der Waals surface area (Å²) in [6.45, 7) is 0.203. The second kappa shape index (κ2) is 7.73. The van der Waals surface area contributed by atoms with Crippen LogP contribution in [0, 0.1) is 0 Å². The molecule has 0 atom stereocenters. The molecule has 0 saturated heterocycles. The van der Waals surface area contributed by atoms with Crippen molar-refractivity contribution in [3.63, 3.8) is 0 Å². The van der Waals surface area contributed by atoms with E-state index < -0.39 is 15.6 Å². The Labute approximate surface area is 171 Å². The number of ether oxygens (including phenoxy) is 1. The standard InChI is InChI=1S/C21H17NO5S2/c1-26-17-7-5-16(6-8-17)22(14-18-3-2-12-28-18)29(24,25)19-9-10-20-15(13-19)4-11-21(23)27-20/h2-13H,14H2,1H3. The summed E-state index contributed by atoms with van der Waals surface area (Å²) in [6.07, 6.45) is 0. The number of sulfonamides is 1. The van der Waals surface area contributed by atoms with Crippen LogP contribution in [0.5, 0.6) is 5.75 Å². The Morgan fingerprint density at radius 1 is 1.03 bits per heavy atom. The summed E-state index contributed by atoms with van der Waals surface area (Å²) in [4.78, 5) is 12.4. The Hall–Kier alpha value is -3.10. The van der Waals surface area contributed by atoms with Gasteiger partial charge in [-0.25, -0.2) is 13.2 Å². The van der Waals surface area contributed by atoms with Crippen LogP contribution in [0.25, 0.3) is 11.0 Å². The van der Waals surface area contributed by atoms with Crippen LogP contribution in [-0.4, -0.2) is 15.5 Å². The van der Waals surface area contributed by atoms with E-state index in [1.165, 1.54) is 39.9 Å². The molecular weight excluding hydrogens is 410 g/mol. The molecule has 2 aromatic heterocycles. The minimum atomic E-state index is -3.87. The number of methoxy groups -OCH3 is 1. The Bertz CT molecular complexity index is 1290. The maximum Gasteiger partial charge on any atom is 0.336 e. The largest absolute Gasteiger partial charge is 0.497 e. The molecule has 0 aliphatic carbocycles. The SMILES string of the molecule is COc1ccc(N(Cc2cccs2)S(=O)(=O)c2ccc3oc(=O)ccc3c2)cc1. The fraction of sp³-hybridized carbons (Fsp3) is 0.0952. The van der Waals surface area contributed by atoms with Crippen molar-refractivity contribution < 1.29 is 17.6 Å². The quantitative estimate of drug-likeness (QED) is 0.430. The van der Waals surface area contributed by atoms with Gasteiger partial charge < -0.3 is 9.15 Å². The third-order valence-electron chi connectivity index (χ3n) is 4.42. The molecule has 2 aromatic carbocycles. The molecule has 8 heteroatoms. The lowest BCUT2D eigenvalue weighted by atomic mass is 10.2. The second-order valence-electron chi connectivity index (χ2n) is 6.24. The number of anilines is 1. The van der Waals surface area contributed by atoms with Crippen LogP contribution in [0.1, 0.15) is 4.88 Å². The predicted octanol–water partition coefficient (Wildman–Crippen LogP) is 4.26. The molecule has 0 fully saturated rings. The van der Waals surface area contributed by atoms with Gasteiger partial charge in [-0.15, -0.1) is 11.3 Å². The highest BCUT2D eigenvalue weighted by Gasteiger charge is 2.26. The van der Waals surface area contributed by atoms with E-state index in [1.807, 2.05) is 17.5 Å². The summed E-state index contributed by atoms with van der Waals surface area (Å²) in [5.74, 6) is 0.642. The zero-order valence-corrected chi connectivity index (χ0v) is 17.1. The lowest BCUT2D eigenvalue weighted by Crippen LogP contribution is -2.30. The Kier molecular flexibility index (Phi) is 5.12. The zero-order chi connectivity index (χ0) is 20.4. The van der Waals surface area contributed by atoms with Crippen molar-refractivity contribution in [1.82, 2.24) is 0 Å². The molecule has 0 spiro atoms. The summed E-state index contributed by atoms with van der Waals surface area (Å²) < 4.78 is 38.7. The van der Waals surface area contributed by atoms with Crippen molar-refractivity contribution in [2.75, 3.05) is 11.4 Å². The van der Waals surface area contributed by atoms with Crippen LogP contribution in [0.3, 0.4) is 0 Å². The number of fused-ring (bicyclic) bond motifs is 1. The van der Waals surface area contributed by atoms with Crippen molar-refractivity contribution in [3.8, 4) is 5.75 Å². The topological polar surface area (TPSA) is 76.8 Å². The Balaban J connectivity index is 1.81. The summed E-state index contributed by atoms with van der Waals surface area (Å²) >= 11 is 1.49. The van der Waals surface area contributed by atoms with Crippen molar-refractivity contribution in [2.24, 2.45) is 0 Å². The van der Waals surface area contributed by atoms with E-state index >= 15 is 0 Å². The van der Waals surface area contributed by atoms with Crippen molar-refractivity contribution >= 4 is 38.0 Å². The average Bonchev–Trinajstić information content (AvgIpc) is 3.25. The first-order valence-corrected chi connectivity index (χ1v) is 11.0. The molecule has 148 valence electrons. The van der Waals surface area contributed by atoms with Gasteiger partial charge in [0, 0.05) is 16.3 Å². The lowest BCUT2D eigenvalue weighted by Gasteiger charge is -2.24. The summed E-state index contributed by atoms with van der Waals surface area (Å²) in [6, 6.07) is 17.9. The van der Waals surface area contributed by atoms with Gasteiger partial charge in [-0.2, -0.15) is 0 Å². The third kappa shape index (κ3) is 3.90. The van der Waals surface area contributed by atoms with Crippen LogP contribution in [0.15, 0.2) is 86.2 Å². The molecule has 0 bridgehead atoms. The molecule has 2 heterocycles. The molecule has 0 unspecified atom stereocenters. The molecule has 6 nitrogen and oxygen atoms in total. The van der Waals surface area contributed by atoms with Crippen molar-refractivity contribution in [1.29, 1.82) is 0 Å². The van der Waals surface area contributed by atoms with Gasteiger partial charge in [-0.1, -0.05) is 6.07 Å². The summed E-state index contributed by atoms with van der Waals surface area (Å²) in [7, 11) is -2.31. The van der Waals surface area contributed by atoms with E-state index in [4.69, 9.17) is 9.15 Å². The molecule has 4 aromatic rings. The first kappa shape index (κ1) is 19.2. The van der Waals surface area contributed by atoms with Crippen molar-refractivity contribution in [3.05, 3.63) is 87.4 Å². The average molecular weight is 428 g/mol. The Morgan fingerprint density at radius 3 is 2.52 bits per heavy atom. The van der Waals surface area contributed by atoms with Crippen LogP contribution in [-0.2, 0) is 16.6 Å². The van der Waals surface area contributed by atoms with Gasteiger partial charge in [-0.3, -0.25) is 4.31 Å². The van der Waals surface area contributed by atoms with Gasteiger partial charge in [0.1, 0.15) is 11.3 Å². The smallest absolute Gasteiger partial charge is 0.336 e. The second-order valence-corrected chi connectivity index (χ2v) is 9.14. The van der Waals surface area contributed by atoms with E-state index in [0.29, 0.717) is 22.4 Å². The maximum absolute atomic E-state index is 13.5. The number of nitrogens with zero attached hydrogens (tertiary/aromatic N) is 1. The van der Waals surface area contributed by atoms with Gasteiger partial charge in [0.25, 0.3) is 10.0 Å². The number of benzene rings is 2. The van der Waals surface area contributed by atoms with E-state index in [1.54, 1.807) is 37.4 Å². The monoisotopic (exact) mass is 427 g/mol. The number of hydrogen-bond donors (Lipinski definition) is 0. The first-order valence-electron chi connectivity index (χ1n) is 8.70. The van der Waals surface area contributed by atoms with E-state index in [0.717, 1.165) is 4.88 Å². The third-order valence-corrected chi connectivity index (χ3v) is 7.05. The molecule has 0 N–H and O–H groups in total. The highest BCUT2D eigenvalue weighted by molar-refractivity contribution is 7.92. The van der Waals surface area contributed by atoms with Crippen LogP contribution in [0.2, 0.25) is 0 Å². The van der Waals surface area contributed by atoms with Crippen LogP contribution >= 0.6 is 11.3 Å². The fourth-order valence-corrected chi connectivity index (χ4v) is 5.20. The zero-order valence-electron chi connectivity index (χ0n) is 15.4. The minimum absolute atomic E-state index is 0.117. The number of rotatable bonds is 6. The minimum Gasteiger partial charge on any atom is -0.497 e. The van der Waals surface area contributed by atoms with Crippen LogP contribution < -0.4 is 14.7 Å². The molecule has 0 saturated carbocycles. The maximum atomic E-state index is 13.5. The lowest BCUT2D eigenvalue weighted by molar-refractivity contribution is 0.415. The van der Waals surface area contributed by atoms with Gasteiger partial charge in [0.15, 0.2) is 0 Å². The number of hydrogen-bond acceptors (Lipinski definition) is 6. The van der Waals surface area contributed by atoms with Gasteiger partial charge >= 0.3 is 5.63 Å². The van der Waals surface area contributed by atoms with E-state index in [9.17, 15) is 13.2 Å². The highest BCUT2D eigenvalue weighted by Crippen LogP contribution is 2.30. The molecule has 4 rings (SSSR count). The Morgan fingerprint density at radius 2 is 1.83 bits per heavy atom. The molecular formula is C21H17NO5S2. The normalized spacial score (nSPS) is 11.5. The summed E-state index contributed by atoms with van der Waals surface area (Å²) in [5, 5.41) is 2.45. The molecule has 0 aliphatic rings. The first-order chi connectivity index (χ1) is 14.0. The van der Waals surface area contributed by atoms with Gasteiger partial charge in [0.2, 0.25) is 0 Å². The fourth-order valence-electron chi connectivity index (χ4n) is 2.95. The molecule has 0 aliphatic heterocycles. The van der Waals surface area contributed by atoms with Crippen molar-refractivity contribution in [2.45, 2.75) is 11.4 Å². The molecule has 0 radical (unpaired) electrons. The highest BCUT2D eigenvalue weighted by atomic mass is 32.2. The predicted molar refractivity (Wildman–Crippen MR) is 113 cm³/mol. The van der Waals surface area contributed by atoms with E-state index in [-0.39, 0.29) is 11.4 Å². The van der Waals surface area contributed by atoms with E-state index in [2.05, 4.69) is 0 Å². The van der Waals surface area contributed by atoms with Gasteiger partial charge in [0.05, 0.1) is 24.2 Å². The van der Waals surface area contributed by atoms with Crippen LogP contribution in [0.4, 0.5) is 5.69 Å².